The molecule has 0 bridgehead atoms. The molecule has 0 heterocycles. The predicted molar refractivity (Wildman–Crippen MR) is 89.3 cm³/mol. The van der Waals surface area contributed by atoms with Crippen LogP contribution in [0.3, 0.4) is 0 Å². The van der Waals surface area contributed by atoms with Gasteiger partial charge < -0.3 is 15.0 Å². The first-order valence-corrected chi connectivity index (χ1v) is 7.42. The Morgan fingerprint density at radius 1 is 1.09 bits per heavy atom. The molecule has 4 heteroatoms. The maximum absolute atomic E-state index is 12.0. The van der Waals surface area contributed by atoms with E-state index in [-0.39, 0.29) is 5.91 Å². The van der Waals surface area contributed by atoms with Crippen molar-refractivity contribution in [2.24, 2.45) is 0 Å². The molecule has 0 saturated carbocycles. The van der Waals surface area contributed by atoms with Crippen LogP contribution >= 0.6 is 0 Å². The van der Waals surface area contributed by atoms with Crippen LogP contribution in [0.5, 0.6) is 5.75 Å². The summed E-state index contributed by atoms with van der Waals surface area (Å²) in [7, 11) is 2.01. The fraction of sp³-hybridized carbons (Fsp3) is 0.278. The van der Waals surface area contributed by atoms with Gasteiger partial charge in [-0.15, -0.1) is 0 Å². The molecule has 2 rings (SSSR count). The van der Waals surface area contributed by atoms with Crippen molar-refractivity contribution >= 4 is 11.6 Å². The highest BCUT2D eigenvalue weighted by Crippen LogP contribution is 2.11. The van der Waals surface area contributed by atoms with Crippen molar-refractivity contribution in [1.29, 1.82) is 0 Å². The normalized spacial score (nSPS) is 11.5. The summed E-state index contributed by atoms with van der Waals surface area (Å²) in [5, 5.41) is 2.90. The fourth-order valence-corrected chi connectivity index (χ4v) is 2.06. The van der Waals surface area contributed by atoms with Crippen LogP contribution in [0.1, 0.15) is 6.92 Å². The highest BCUT2D eigenvalue weighted by molar-refractivity contribution is 5.80. The second-order valence-corrected chi connectivity index (χ2v) is 5.12. The average Bonchev–Trinajstić information content (AvgIpc) is 2.56. The maximum Gasteiger partial charge on any atom is 0.260 e. The molecular weight excluding hydrogens is 276 g/mol. The summed E-state index contributed by atoms with van der Waals surface area (Å²) in [6.45, 7) is 3.07. The molecule has 22 heavy (non-hydrogen) atoms. The zero-order valence-corrected chi connectivity index (χ0v) is 13.0. The van der Waals surface area contributed by atoms with Crippen LogP contribution in [-0.2, 0) is 4.79 Å². The van der Waals surface area contributed by atoms with Crippen LogP contribution in [0.2, 0.25) is 0 Å². The van der Waals surface area contributed by atoms with Crippen LogP contribution in [0.4, 0.5) is 5.69 Å². The Kier molecular flexibility index (Phi) is 5.83. The van der Waals surface area contributed by atoms with E-state index in [0.717, 1.165) is 12.2 Å². The van der Waals surface area contributed by atoms with E-state index in [1.165, 1.54) is 0 Å². The van der Waals surface area contributed by atoms with E-state index < -0.39 is 6.10 Å². The number of rotatable bonds is 7. The number of hydrogen-bond donors (Lipinski definition) is 1. The number of hydrogen-bond acceptors (Lipinski definition) is 3. The molecule has 1 atom stereocenters. The third-order valence-electron chi connectivity index (χ3n) is 3.37. The number of carbonyl (C=O) groups excluding carboxylic acids is 1. The van der Waals surface area contributed by atoms with Gasteiger partial charge in [0, 0.05) is 25.8 Å². The van der Waals surface area contributed by atoms with E-state index in [0.29, 0.717) is 12.3 Å². The summed E-state index contributed by atoms with van der Waals surface area (Å²) in [6.07, 6.45) is -0.510. The number of para-hydroxylation sites is 2. The molecule has 0 aliphatic heterocycles. The van der Waals surface area contributed by atoms with E-state index in [2.05, 4.69) is 10.2 Å². The summed E-state index contributed by atoms with van der Waals surface area (Å²) < 4.78 is 5.59. The number of likely N-dealkylation sites (N-methyl/N-ethyl adjacent to an activating group) is 1. The lowest BCUT2D eigenvalue weighted by Crippen LogP contribution is -2.40. The Hall–Kier alpha value is -2.49. The number of benzene rings is 2. The number of nitrogens with zero attached hydrogens (tertiary/aromatic N) is 1. The quantitative estimate of drug-likeness (QED) is 0.854. The molecule has 116 valence electrons. The zero-order valence-electron chi connectivity index (χ0n) is 13.0. The van der Waals surface area contributed by atoms with E-state index >= 15 is 0 Å². The number of carbonyl (C=O) groups is 1. The van der Waals surface area contributed by atoms with Gasteiger partial charge in [-0.25, -0.2) is 0 Å². The van der Waals surface area contributed by atoms with Crippen LogP contribution in [0.25, 0.3) is 0 Å². The van der Waals surface area contributed by atoms with Crippen molar-refractivity contribution in [3.05, 3.63) is 60.7 Å². The van der Waals surface area contributed by atoms with Gasteiger partial charge in [0.2, 0.25) is 0 Å². The Labute approximate surface area is 131 Å². The van der Waals surface area contributed by atoms with Crippen LogP contribution in [-0.4, -0.2) is 32.1 Å². The molecule has 2 aromatic rings. The molecule has 2 aromatic carbocycles. The molecule has 1 amide bonds. The summed E-state index contributed by atoms with van der Waals surface area (Å²) in [6, 6.07) is 19.4. The summed E-state index contributed by atoms with van der Waals surface area (Å²) in [4.78, 5) is 14.1. The monoisotopic (exact) mass is 298 g/mol. The minimum absolute atomic E-state index is 0.106. The summed E-state index contributed by atoms with van der Waals surface area (Å²) in [5.41, 5.74) is 1.13. The smallest absolute Gasteiger partial charge is 0.260 e. The highest BCUT2D eigenvalue weighted by atomic mass is 16.5. The molecule has 4 nitrogen and oxygen atoms in total. The van der Waals surface area contributed by atoms with Gasteiger partial charge in [0.1, 0.15) is 5.75 Å². The molecule has 0 radical (unpaired) electrons. The first kappa shape index (κ1) is 15.9. The van der Waals surface area contributed by atoms with Gasteiger partial charge in [0.05, 0.1) is 0 Å². The van der Waals surface area contributed by atoms with Gasteiger partial charge in [-0.3, -0.25) is 4.79 Å². The average molecular weight is 298 g/mol. The first-order chi connectivity index (χ1) is 10.7. The zero-order chi connectivity index (χ0) is 15.8. The van der Waals surface area contributed by atoms with E-state index in [1.807, 2.05) is 67.7 Å². The van der Waals surface area contributed by atoms with Gasteiger partial charge in [-0.2, -0.15) is 0 Å². The Bertz CT molecular complexity index is 572. The third-order valence-corrected chi connectivity index (χ3v) is 3.37. The number of anilines is 1. The minimum Gasteiger partial charge on any atom is -0.481 e. The lowest BCUT2D eigenvalue weighted by Gasteiger charge is -2.20. The van der Waals surface area contributed by atoms with Gasteiger partial charge in [0.25, 0.3) is 5.91 Å². The molecule has 0 fully saturated rings. The van der Waals surface area contributed by atoms with E-state index in [9.17, 15) is 4.79 Å². The molecule has 1 unspecified atom stereocenters. The molecule has 0 aliphatic carbocycles. The topological polar surface area (TPSA) is 41.6 Å². The standard InChI is InChI=1S/C18H22N2O2/c1-15(22-17-11-7-4-8-12-17)18(21)19-13-14-20(2)16-9-5-3-6-10-16/h3-12,15H,13-14H2,1-2H3,(H,19,21). The largest absolute Gasteiger partial charge is 0.481 e. The number of nitrogens with one attached hydrogen (secondary N) is 1. The minimum atomic E-state index is -0.510. The SMILES string of the molecule is CC(Oc1ccccc1)C(=O)NCCN(C)c1ccccc1. The maximum atomic E-state index is 12.0. The van der Waals surface area contributed by atoms with E-state index in [4.69, 9.17) is 4.74 Å². The molecular formula is C18H22N2O2. The van der Waals surface area contributed by atoms with Crippen molar-refractivity contribution < 1.29 is 9.53 Å². The van der Waals surface area contributed by atoms with Crippen LogP contribution in [0, 0.1) is 0 Å². The first-order valence-electron chi connectivity index (χ1n) is 7.42. The van der Waals surface area contributed by atoms with Gasteiger partial charge in [-0.05, 0) is 31.2 Å². The van der Waals surface area contributed by atoms with Gasteiger partial charge in [0.15, 0.2) is 6.10 Å². The second-order valence-electron chi connectivity index (χ2n) is 5.12. The van der Waals surface area contributed by atoms with Gasteiger partial charge >= 0.3 is 0 Å². The van der Waals surface area contributed by atoms with E-state index in [1.54, 1.807) is 6.92 Å². The van der Waals surface area contributed by atoms with Gasteiger partial charge in [-0.1, -0.05) is 36.4 Å². The number of amides is 1. The van der Waals surface area contributed by atoms with Crippen molar-refractivity contribution in [2.75, 3.05) is 25.0 Å². The third kappa shape index (κ3) is 4.81. The molecule has 0 aromatic heterocycles. The number of ether oxygens (including phenoxy) is 1. The Balaban J connectivity index is 1.73. The molecule has 0 aliphatic rings. The lowest BCUT2D eigenvalue weighted by atomic mass is 10.3. The highest BCUT2D eigenvalue weighted by Gasteiger charge is 2.14. The Morgan fingerprint density at radius 2 is 1.68 bits per heavy atom. The summed E-state index contributed by atoms with van der Waals surface area (Å²) >= 11 is 0. The van der Waals surface area contributed by atoms with Crippen molar-refractivity contribution in [3.8, 4) is 5.75 Å². The Morgan fingerprint density at radius 3 is 2.32 bits per heavy atom. The van der Waals surface area contributed by atoms with Crippen LogP contribution < -0.4 is 15.0 Å². The predicted octanol–water partition coefficient (Wildman–Crippen LogP) is 2.71. The second kappa shape index (κ2) is 8.08. The molecule has 0 spiro atoms. The lowest BCUT2D eigenvalue weighted by molar-refractivity contribution is -0.127. The fourth-order valence-electron chi connectivity index (χ4n) is 2.06. The van der Waals surface area contributed by atoms with Crippen LogP contribution in [0.15, 0.2) is 60.7 Å². The van der Waals surface area contributed by atoms with Crippen molar-refractivity contribution in [1.82, 2.24) is 5.32 Å². The van der Waals surface area contributed by atoms with Crippen molar-refractivity contribution in [2.45, 2.75) is 13.0 Å². The molecule has 1 N–H and O–H groups in total. The van der Waals surface area contributed by atoms with Crippen molar-refractivity contribution in [3.63, 3.8) is 0 Å². The summed E-state index contributed by atoms with van der Waals surface area (Å²) in [5.74, 6) is 0.594. The molecule has 0 saturated heterocycles.